The Balaban J connectivity index is 2.51. The summed E-state index contributed by atoms with van der Waals surface area (Å²) in [6.07, 6.45) is 2.29. The van der Waals surface area contributed by atoms with Gasteiger partial charge in [-0.15, -0.1) is 0 Å². The minimum absolute atomic E-state index is 0.141. The first-order valence-corrected chi connectivity index (χ1v) is 6.96. The minimum atomic E-state index is -2.54. The Kier molecular flexibility index (Phi) is 7.43. The molecule has 0 heterocycles. The molecule has 0 aliphatic carbocycles. The van der Waals surface area contributed by atoms with Crippen molar-refractivity contribution in [3.8, 4) is 0 Å². The maximum absolute atomic E-state index is 12.4. The molecule has 0 atom stereocenters. The predicted molar refractivity (Wildman–Crippen MR) is 71.6 cm³/mol. The molecule has 19 heavy (non-hydrogen) atoms. The summed E-state index contributed by atoms with van der Waals surface area (Å²) in [6, 6.07) is 6.32. The van der Waals surface area contributed by atoms with E-state index in [4.69, 9.17) is 5.11 Å². The number of hydrogen-bond acceptors (Lipinski definition) is 3. The van der Waals surface area contributed by atoms with Crippen molar-refractivity contribution in [2.75, 3.05) is 13.2 Å². The molecule has 0 spiro atoms. The highest BCUT2D eigenvalue weighted by molar-refractivity contribution is 7.99. The van der Waals surface area contributed by atoms with Crippen molar-refractivity contribution in [3.63, 3.8) is 0 Å². The molecule has 0 aromatic heterocycles. The van der Waals surface area contributed by atoms with Crippen LogP contribution in [0.4, 0.5) is 8.78 Å². The number of carbonyl (C=O) groups excluding carboxylic acids is 1. The molecular formula is C13H17F2NO2S. The number of aliphatic hydroxyl groups excluding tert-OH is 1. The SMILES string of the molecule is O=C(NCCCCCO)c1ccccc1SC(F)F. The van der Waals surface area contributed by atoms with Gasteiger partial charge in [0.2, 0.25) is 0 Å². The fraction of sp³-hybridized carbons (Fsp3) is 0.462. The molecule has 0 saturated heterocycles. The number of hydrogen-bond donors (Lipinski definition) is 2. The van der Waals surface area contributed by atoms with Crippen LogP contribution in [0.25, 0.3) is 0 Å². The molecule has 0 radical (unpaired) electrons. The summed E-state index contributed by atoms with van der Waals surface area (Å²) in [4.78, 5) is 12.1. The Morgan fingerprint density at radius 1 is 1.26 bits per heavy atom. The number of amides is 1. The molecule has 0 fully saturated rings. The van der Waals surface area contributed by atoms with E-state index < -0.39 is 5.76 Å². The van der Waals surface area contributed by atoms with E-state index >= 15 is 0 Å². The van der Waals surface area contributed by atoms with Crippen LogP contribution in [-0.4, -0.2) is 29.9 Å². The van der Waals surface area contributed by atoms with Gasteiger partial charge in [-0.3, -0.25) is 4.79 Å². The Hall–Kier alpha value is -1.14. The lowest BCUT2D eigenvalue weighted by Gasteiger charge is -2.09. The lowest BCUT2D eigenvalue weighted by Crippen LogP contribution is -2.25. The third-order valence-electron chi connectivity index (χ3n) is 2.47. The normalized spacial score (nSPS) is 10.7. The van der Waals surface area contributed by atoms with Gasteiger partial charge in [0, 0.05) is 18.0 Å². The van der Waals surface area contributed by atoms with E-state index in [1.54, 1.807) is 12.1 Å². The summed E-state index contributed by atoms with van der Waals surface area (Å²) in [5.74, 6) is -2.88. The number of thioether (sulfide) groups is 1. The molecule has 3 nitrogen and oxygen atoms in total. The van der Waals surface area contributed by atoms with Gasteiger partial charge in [-0.05, 0) is 31.4 Å². The largest absolute Gasteiger partial charge is 0.396 e. The summed E-state index contributed by atoms with van der Waals surface area (Å²) < 4.78 is 24.7. The molecule has 1 aromatic rings. The monoisotopic (exact) mass is 289 g/mol. The summed E-state index contributed by atoms with van der Waals surface area (Å²) in [5, 5.41) is 11.3. The van der Waals surface area contributed by atoms with Crippen LogP contribution in [-0.2, 0) is 0 Å². The van der Waals surface area contributed by atoms with E-state index in [9.17, 15) is 13.6 Å². The van der Waals surface area contributed by atoms with Crippen LogP contribution in [0, 0.1) is 0 Å². The number of carbonyl (C=O) groups is 1. The summed E-state index contributed by atoms with van der Waals surface area (Å²) in [5.41, 5.74) is 0.273. The van der Waals surface area contributed by atoms with Crippen molar-refractivity contribution in [3.05, 3.63) is 29.8 Å². The van der Waals surface area contributed by atoms with Crippen LogP contribution in [0.5, 0.6) is 0 Å². The molecule has 0 bridgehead atoms. The number of rotatable bonds is 8. The zero-order chi connectivity index (χ0) is 14.1. The number of benzene rings is 1. The molecule has 6 heteroatoms. The molecule has 0 aliphatic rings. The van der Waals surface area contributed by atoms with Crippen molar-refractivity contribution in [1.82, 2.24) is 5.32 Å². The molecule has 0 saturated carbocycles. The number of aliphatic hydroxyl groups is 1. The van der Waals surface area contributed by atoms with E-state index in [-0.39, 0.29) is 23.0 Å². The number of unbranched alkanes of at least 4 members (excludes halogenated alkanes) is 2. The van der Waals surface area contributed by atoms with E-state index in [1.807, 2.05) is 0 Å². The zero-order valence-corrected chi connectivity index (χ0v) is 11.3. The molecule has 1 rings (SSSR count). The van der Waals surface area contributed by atoms with E-state index in [0.29, 0.717) is 24.7 Å². The van der Waals surface area contributed by atoms with Crippen LogP contribution in [0.15, 0.2) is 29.2 Å². The van der Waals surface area contributed by atoms with Gasteiger partial charge in [0.05, 0.1) is 5.56 Å². The Labute approximate surface area is 115 Å². The van der Waals surface area contributed by atoms with Gasteiger partial charge in [0.1, 0.15) is 0 Å². The second-order valence-corrected chi connectivity index (χ2v) is 4.95. The van der Waals surface area contributed by atoms with Crippen LogP contribution < -0.4 is 5.32 Å². The number of nitrogens with one attached hydrogen (secondary N) is 1. The van der Waals surface area contributed by atoms with Crippen molar-refractivity contribution >= 4 is 17.7 Å². The Morgan fingerprint density at radius 2 is 2.00 bits per heavy atom. The first-order chi connectivity index (χ1) is 9.15. The minimum Gasteiger partial charge on any atom is -0.396 e. The Bertz CT molecular complexity index is 402. The Morgan fingerprint density at radius 3 is 2.68 bits per heavy atom. The lowest BCUT2D eigenvalue weighted by atomic mass is 10.2. The summed E-state index contributed by atoms with van der Waals surface area (Å²) in [7, 11) is 0. The fourth-order valence-electron chi connectivity index (χ4n) is 1.56. The van der Waals surface area contributed by atoms with Gasteiger partial charge in [0.25, 0.3) is 11.7 Å². The highest BCUT2D eigenvalue weighted by Gasteiger charge is 2.14. The number of halogens is 2. The molecule has 0 aliphatic heterocycles. The van der Waals surface area contributed by atoms with Crippen molar-refractivity contribution in [1.29, 1.82) is 0 Å². The van der Waals surface area contributed by atoms with Crippen molar-refractivity contribution in [2.24, 2.45) is 0 Å². The van der Waals surface area contributed by atoms with Crippen molar-refractivity contribution < 1.29 is 18.7 Å². The molecule has 1 aromatic carbocycles. The molecule has 1 amide bonds. The van der Waals surface area contributed by atoms with Crippen LogP contribution in [0.1, 0.15) is 29.6 Å². The van der Waals surface area contributed by atoms with Crippen LogP contribution in [0.2, 0.25) is 0 Å². The van der Waals surface area contributed by atoms with E-state index in [1.165, 1.54) is 12.1 Å². The first-order valence-electron chi connectivity index (χ1n) is 6.08. The predicted octanol–water partition coefficient (Wildman–Crippen LogP) is 2.89. The van der Waals surface area contributed by atoms with Gasteiger partial charge in [-0.2, -0.15) is 8.78 Å². The topological polar surface area (TPSA) is 49.3 Å². The van der Waals surface area contributed by atoms with E-state index in [2.05, 4.69) is 5.32 Å². The highest BCUT2D eigenvalue weighted by atomic mass is 32.2. The second kappa shape index (κ2) is 8.87. The maximum atomic E-state index is 12.4. The van der Waals surface area contributed by atoms with Crippen molar-refractivity contribution in [2.45, 2.75) is 29.9 Å². The average molecular weight is 289 g/mol. The van der Waals surface area contributed by atoms with Crippen LogP contribution >= 0.6 is 11.8 Å². The highest BCUT2D eigenvalue weighted by Crippen LogP contribution is 2.28. The standard InChI is InChI=1S/C13H17F2NO2S/c14-13(15)19-11-7-3-2-6-10(11)12(18)16-8-4-1-5-9-17/h2-3,6-7,13,17H,1,4-5,8-9H2,(H,16,18). The zero-order valence-electron chi connectivity index (χ0n) is 10.4. The van der Waals surface area contributed by atoms with Gasteiger partial charge >= 0.3 is 0 Å². The first kappa shape index (κ1) is 15.9. The van der Waals surface area contributed by atoms with Gasteiger partial charge in [-0.1, -0.05) is 23.9 Å². The van der Waals surface area contributed by atoms with Crippen LogP contribution in [0.3, 0.4) is 0 Å². The smallest absolute Gasteiger partial charge is 0.288 e. The second-order valence-electron chi connectivity index (χ2n) is 3.91. The average Bonchev–Trinajstić information content (AvgIpc) is 2.38. The number of alkyl halides is 2. The third kappa shape index (κ3) is 6.02. The summed E-state index contributed by atoms with van der Waals surface area (Å²) in [6.45, 7) is 0.619. The van der Waals surface area contributed by atoms with Gasteiger partial charge in [-0.25, -0.2) is 0 Å². The molecular weight excluding hydrogens is 272 g/mol. The van der Waals surface area contributed by atoms with E-state index in [0.717, 1.165) is 12.8 Å². The van der Waals surface area contributed by atoms with Gasteiger partial charge < -0.3 is 10.4 Å². The maximum Gasteiger partial charge on any atom is 0.288 e. The lowest BCUT2D eigenvalue weighted by molar-refractivity contribution is 0.0950. The third-order valence-corrected chi connectivity index (χ3v) is 3.26. The molecule has 2 N–H and O–H groups in total. The molecule has 106 valence electrons. The fourth-order valence-corrected chi connectivity index (χ4v) is 2.20. The van der Waals surface area contributed by atoms with Gasteiger partial charge in [0.15, 0.2) is 0 Å². The molecule has 0 unspecified atom stereocenters. The summed E-state index contributed by atoms with van der Waals surface area (Å²) >= 11 is 0.373. The quantitative estimate of drug-likeness (QED) is 0.571.